The second kappa shape index (κ2) is 3.08. The molecule has 0 aliphatic carbocycles. The summed E-state index contributed by atoms with van der Waals surface area (Å²) >= 11 is 0. The molecule has 0 unspecified atom stereocenters. The van der Waals surface area contributed by atoms with Gasteiger partial charge in [0.25, 0.3) is 0 Å². The van der Waals surface area contributed by atoms with E-state index in [1.54, 1.807) is 0 Å². The smallest absolute Gasteiger partial charge is 0.113 e. The lowest BCUT2D eigenvalue weighted by Gasteiger charge is -2.20. The van der Waals surface area contributed by atoms with Crippen molar-refractivity contribution >= 4 is 11.0 Å². The molecule has 1 heterocycles. The van der Waals surface area contributed by atoms with Gasteiger partial charge in [0.15, 0.2) is 0 Å². The van der Waals surface area contributed by atoms with Crippen molar-refractivity contribution < 1.29 is 0 Å². The highest BCUT2D eigenvalue weighted by atomic mass is 15.5. The van der Waals surface area contributed by atoms with E-state index in [4.69, 9.17) is 0 Å². The van der Waals surface area contributed by atoms with E-state index in [0.717, 1.165) is 17.5 Å². The molecule has 0 saturated carbocycles. The van der Waals surface area contributed by atoms with Crippen LogP contribution in [-0.2, 0) is 5.54 Å². The summed E-state index contributed by atoms with van der Waals surface area (Å²) in [6.45, 7) is 6.44. The minimum absolute atomic E-state index is 0.000972. The molecule has 0 radical (unpaired) electrons. The molecule has 74 valence electrons. The van der Waals surface area contributed by atoms with Gasteiger partial charge in [0, 0.05) is 0 Å². The number of nitrogens with zero attached hydrogens (tertiary/aromatic N) is 3. The van der Waals surface area contributed by atoms with Crippen LogP contribution in [0, 0.1) is 0 Å². The average molecular weight is 189 g/mol. The van der Waals surface area contributed by atoms with E-state index < -0.39 is 0 Å². The molecule has 0 saturated heterocycles. The molecule has 2 rings (SSSR count). The first-order valence-corrected chi connectivity index (χ1v) is 4.96. The molecule has 0 atom stereocenters. The Labute approximate surface area is 83.7 Å². The van der Waals surface area contributed by atoms with Gasteiger partial charge in [0.2, 0.25) is 0 Å². The molecule has 0 amide bonds. The van der Waals surface area contributed by atoms with Gasteiger partial charge >= 0.3 is 0 Å². The molecular formula is C11H15N3. The number of fused-ring (bicyclic) bond motifs is 1. The summed E-state index contributed by atoms with van der Waals surface area (Å²) in [7, 11) is 0. The first-order valence-electron chi connectivity index (χ1n) is 4.96. The molecule has 14 heavy (non-hydrogen) atoms. The van der Waals surface area contributed by atoms with Crippen molar-refractivity contribution in [1.29, 1.82) is 0 Å². The standard InChI is InChI=1S/C11H15N3/c1-4-11(2,3)14-12-9-7-5-6-8-10(9)13-14/h5-8H,4H2,1-3H3. The lowest BCUT2D eigenvalue weighted by molar-refractivity contribution is 0.274. The van der Waals surface area contributed by atoms with E-state index in [-0.39, 0.29) is 5.54 Å². The summed E-state index contributed by atoms with van der Waals surface area (Å²) in [5.74, 6) is 0. The number of aromatic nitrogens is 3. The zero-order valence-corrected chi connectivity index (χ0v) is 8.86. The van der Waals surface area contributed by atoms with E-state index >= 15 is 0 Å². The monoisotopic (exact) mass is 189 g/mol. The van der Waals surface area contributed by atoms with Gasteiger partial charge < -0.3 is 0 Å². The second-order valence-electron chi connectivity index (χ2n) is 4.14. The average Bonchev–Trinajstić information content (AvgIpc) is 2.61. The van der Waals surface area contributed by atoms with Crippen LogP contribution in [0.5, 0.6) is 0 Å². The molecule has 0 bridgehead atoms. The van der Waals surface area contributed by atoms with Crippen LogP contribution in [0.2, 0.25) is 0 Å². The zero-order chi connectivity index (χ0) is 10.2. The van der Waals surface area contributed by atoms with Gasteiger partial charge in [0.05, 0.1) is 5.54 Å². The highest BCUT2D eigenvalue weighted by Crippen LogP contribution is 2.19. The third-order valence-electron chi connectivity index (χ3n) is 2.69. The second-order valence-corrected chi connectivity index (χ2v) is 4.14. The minimum Gasteiger partial charge on any atom is -0.178 e. The van der Waals surface area contributed by atoms with E-state index in [2.05, 4.69) is 31.0 Å². The Morgan fingerprint density at radius 1 is 1.14 bits per heavy atom. The van der Waals surface area contributed by atoms with Crippen LogP contribution in [0.25, 0.3) is 11.0 Å². The van der Waals surface area contributed by atoms with E-state index in [9.17, 15) is 0 Å². The summed E-state index contributed by atoms with van der Waals surface area (Å²) in [6.07, 6.45) is 1.02. The molecule has 0 fully saturated rings. The van der Waals surface area contributed by atoms with Crippen molar-refractivity contribution in [1.82, 2.24) is 15.0 Å². The number of hydrogen-bond donors (Lipinski definition) is 0. The largest absolute Gasteiger partial charge is 0.178 e. The topological polar surface area (TPSA) is 30.7 Å². The Hall–Kier alpha value is -1.38. The number of benzene rings is 1. The van der Waals surface area contributed by atoms with Crippen molar-refractivity contribution in [3.05, 3.63) is 24.3 Å². The fraction of sp³-hybridized carbons (Fsp3) is 0.455. The molecular weight excluding hydrogens is 174 g/mol. The highest BCUT2D eigenvalue weighted by molar-refractivity contribution is 5.73. The van der Waals surface area contributed by atoms with E-state index in [0.29, 0.717) is 0 Å². The van der Waals surface area contributed by atoms with Gasteiger partial charge in [-0.1, -0.05) is 19.1 Å². The molecule has 0 N–H and O–H groups in total. The lowest BCUT2D eigenvalue weighted by atomic mass is 10.0. The van der Waals surface area contributed by atoms with Crippen LogP contribution in [0.4, 0.5) is 0 Å². The van der Waals surface area contributed by atoms with Gasteiger partial charge in [-0.2, -0.15) is 15.0 Å². The Kier molecular flexibility index (Phi) is 2.02. The molecule has 3 nitrogen and oxygen atoms in total. The van der Waals surface area contributed by atoms with Crippen LogP contribution in [0.15, 0.2) is 24.3 Å². The predicted molar refractivity (Wildman–Crippen MR) is 57.1 cm³/mol. The van der Waals surface area contributed by atoms with Crippen LogP contribution in [0.3, 0.4) is 0 Å². The van der Waals surface area contributed by atoms with Crippen LogP contribution < -0.4 is 0 Å². The summed E-state index contributed by atoms with van der Waals surface area (Å²) in [4.78, 5) is 1.82. The quantitative estimate of drug-likeness (QED) is 0.727. The molecule has 3 heteroatoms. The Bertz CT molecular complexity index is 409. The predicted octanol–water partition coefficient (Wildman–Crippen LogP) is 2.58. The molecule has 0 aliphatic rings. The fourth-order valence-electron chi connectivity index (χ4n) is 1.27. The summed E-state index contributed by atoms with van der Waals surface area (Å²) < 4.78 is 0. The normalized spacial score (nSPS) is 12.2. The van der Waals surface area contributed by atoms with Gasteiger partial charge in [0.1, 0.15) is 11.0 Å². The number of hydrogen-bond acceptors (Lipinski definition) is 2. The van der Waals surface area contributed by atoms with Crippen molar-refractivity contribution in [3.8, 4) is 0 Å². The van der Waals surface area contributed by atoms with Crippen molar-refractivity contribution in [2.75, 3.05) is 0 Å². The number of rotatable bonds is 2. The summed E-state index contributed by atoms with van der Waals surface area (Å²) in [5, 5.41) is 8.92. The van der Waals surface area contributed by atoms with Crippen LogP contribution >= 0.6 is 0 Å². The fourth-order valence-corrected chi connectivity index (χ4v) is 1.27. The Morgan fingerprint density at radius 3 is 2.07 bits per heavy atom. The maximum absolute atomic E-state index is 4.46. The summed E-state index contributed by atoms with van der Waals surface area (Å²) in [6, 6.07) is 7.95. The van der Waals surface area contributed by atoms with E-state index in [1.165, 1.54) is 0 Å². The van der Waals surface area contributed by atoms with Gasteiger partial charge in [-0.05, 0) is 32.4 Å². The maximum atomic E-state index is 4.46. The highest BCUT2D eigenvalue weighted by Gasteiger charge is 2.20. The first-order chi connectivity index (χ1) is 6.63. The van der Waals surface area contributed by atoms with Crippen molar-refractivity contribution in [3.63, 3.8) is 0 Å². The Balaban J connectivity index is 2.55. The first kappa shape index (κ1) is 9.19. The summed E-state index contributed by atoms with van der Waals surface area (Å²) in [5.41, 5.74) is 1.93. The maximum Gasteiger partial charge on any atom is 0.113 e. The van der Waals surface area contributed by atoms with Gasteiger partial charge in [-0.25, -0.2) is 0 Å². The molecule has 0 spiro atoms. The lowest BCUT2D eigenvalue weighted by Crippen LogP contribution is -2.27. The third-order valence-corrected chi connectivity index (χ3v) is 2.69. The van der Waals surface area contributed by atoms with Gasteiger partial charge in [-0.15, -0.1) is 0 Å². The molecule has 2 aromatic rings. The van der Waals surface area contributed by atoms with Gasteiger partial charge in [-0.3, -0.25) is 0 Å². The third kappa shape index (κ3) is 1.39. The van der Waals surface area contributed by atoms with E-state index in [1.807, 2.05) is 29.1 Å². The van der Waals surface area contributed by atoms with Crippen molar-refractivity contribution in [2.45, 2.75) is 32.7 Å². The molecule has 1 aromatic carbocycles. The van der Waals surface area contributed by atoms with Crippen LogP contribution in [-0.4, -0.2) is 15.0 Å². The molecule has 1 aromatic heterocycles. The molecule has 0 aliphatic heterocycles. The minimum atomic E-state index is -0.000972. The Morgan fingerprint density at radius 2 is 1.64 bits per heavy atom. The zero-order valence-electron chi connectivity index (χ0n) is 8.86. The van der Waals surface area contributed by atoms with Crippen LogP contribution in [0.1, 0.15) is 27.2 Å². The SMILES string of the molecule is CCC(C)(C)n1nc2ccccc2n1. The van der Waals surface area contributed by atoms with Crippen molar-refractivity contribution in [2.24, 2.45) is 0 Å².